The highest BCUT2D eigenvalue weighted by Crippen LogP contribution is 2.31. The monoisotopic (exact) mass is 283 g/mol. The molecule has 0 aliphatic rings. The van der Waals surface area contributed by atoms with E-state index in [1.807, 2.05) is 0 Å². The molecule has 0 aromatic carbocycles. The highest BCUT2D eigenvalue weighted by molar-refractivity contribution is 6.33. The van der Waals surface area contributed by atoms with Crippen molar-refractivity contribution < 1.29 is 18.3 Å². The van der Waals surface area contributed by atoms with Gasteiger partial charge >= 0.3 is 5.97 Å². The van der Waals surface area contributed by atoms with Crippen LogP contribution in [0.25, 0.3) is 0 Å². The first-order valence-corrected chi connectivity index (χ1v) is 5.49. The molecule has 3 nitrogen and oxygen atoms in total. The lowest BCUT2D eigenvalue weighted by Gasteiger charge is -2.11. The smallest absolute Gasteiger partial charge is 0.310 e. The van der Waals surface area contributed by atoms with Crippen molar-refractivity contribution in [1.29, 1.82) is 0 Å². The van der Waals surface area contributed by atoms with Crippen LogP contribution in [0.4, 0.5) is 8.78 Å². The summed E-state index contributed by atoms with van der Waals surface area (Å²) in [5.74, 6) is -0.591. The Hall–Kier alpha value is -0.940. The zero-order chi connectivity index (χ0) is 13.0. The van der Waals surface area contributed by atoms with Gasteiger partial charge in [-0.05, 0) is 11.1 Å². The van der Waals surface area contributed by atoms with Gasteiger partial charge in [0.05, 0.1) is 18.6 Å². The van der Waals surface area contributed by atoms with Gasteiger partial charge in [0.2, 0.25) is 0 Å². The Balaban J connectivity index is 3.16. The number of methoxy groups -OCH3 is 1. The molecule has 0 spiro atoms. The van der Waals surface area contributed by atoms with E-state index in [-0.39, 0.29) is 22.9 Å². The maximum atomic E-state index is 12.5. The summed E-state index contributed by atoms with van der Waals surface area (Å²) in [4.78, 5) is 14.6. The second-order valence-corrected chi connectivity index (χ2v) is 3.79. The van der Waals surface area contributed by atoms with Crippen LogP contribution in [0.2, 0.25) is 5.02 Å². The standard InChI is InChI=1S/C10H9Cl2F2NO2/c1-17-7(16)2-5-4-15-9(10(13)14)8(12)6(5)3-11/h4,10H,2-3H2,1H3. The van der Waals surface area contributed by atoms with Gasteiger partial charge in [-0.2, -0.15) is 0 Å². The number of rotatable bonds is 4. The molecule has 0 N–H and O–H groups in total. The highest BCUT2D eigenvalue weighted by Gasteiger charge is 2.20. The predicted molar refractivity (Wildman–Crippen MR) is 59.5 cm³/mol. The van der Waals surface area contributed by atoms with Crippen LogP contribution in [-0.4, -0.2) is 18.1 Å². The zero-order valence-corrected chi connectivity index (χ0v) is 10.4. The summed E-state index contributed by atoms with van der Waals surface area (Å²) in [6.07, 6.45) is -1.71. The molecule has 0 atom stereocenters. The fourth-order valence-electron chi connectivity index (χ4n) is 1.25. The van der Waals surface area contributed by atoms with Gasteiger partial charge in [-0.3, -0.25) is 9.78 Å². The summed E-state index contributed by atoms with van der Waals surface area (Å²) in [6, 6.07) is 0. The summed E-state index contributed by atoms with van der Waals surface area (Å²) in [7, 11) is 1.23. The summed E-state index contributed by atoms with van der Waals surface area (Å²) in [5.41, 5.74) is 0.140. The Morgan fingerprint density at radius 3 is 2.71 bits per heavy atom. The largest absolute Gasteiger partial charge is 0.469 e. The van der Waals surface area contributed by atoms with Crippen LogP contribution in [0.15, 0.2) is 6.20 Å². The molecule has 17 heavy (non-hydrogen) atoms. The Labute approximate surface area is 107 Å². The number of aromatic nitrogens is 1. The van der Waals surface area contributed by atoms with E-state index in [1.54, 1.807) is 0 Å². The van der Waals surface area contributed by atoms with Crippen molar-refractivity contribution in [1.82, 2.24) is 4.98 Å². The highest BCUT2D eigenvalue weighted by atomic mass is 35.5. The van der Waals surface area contributed by atoms with Crippen molar-refractivity contribution in [3.8, 4) is 0 Å². The summed E-state index contributed by atoms with van der Waals surface area (Å²) < 4.78 is 29.5. The van der Waals surface area contributed by atoms with E-state index in [9.17, 15) is 13.6 Å². The van der Waals surface area contributed by atoms with Crippen molar-refractivity contribution in [3.63, 3.8) is 0 Å². The predicted octanol–water partition coefficient (Wildman–Crippen LogP) is 3.13. The third kappa shape index (κ3) is 3.26. The van der Waals surface area contributed by atoms with Crippen molar-refractivity contribution >= 4 is 29.2 Å². The fourth-order valence-corrected chi connectivity index (χ4v) is 1.95. The Morgan fingerprint density at radius 2 is 2.24 bits per heavy atom. The van der Waals surface area contributed by atoms with E-state index >= 15 is 0 Å². The number of esters is 1. The van der Waals surface area contributed by atoms with E-state index in [2.05, 4.69) is 9.72 Å². The number of hydrogen-bond donors (Lipinski definition) is 0. The molecular weight excluding hydrogens is 275 g/mol. The maximum Gasteiger partial charge on any atom is 0.310 e. The van der Waals surface area contributed by atoms with Crippen molar-refractivity contribution in [3.05, 3.63) is 28.0 Å². The van der Waals surface area contributed by atoms with Gasteiger partial charge in [-0.1, -0.05) is 11.6 Å². The van der Waals surface area contributed by atoms with Crippen LogP contribution < -0.4 is 0 Å². The van der Waals surface area contributed by atoms with Gasteiger partial charge in [0.15, 0.2) is 0 Å². The number of alkyl halides is 3. The van der Waals surface area contributed by atoms with Crippen molar-refractivity contribution in [2.75, 3.05) is 7.11 Å². The second kappa shape index (κ2) is 6.12. The van der Waals surface area contributed by atoms with Gasteiger partial charge in [0.25, 0.3) is 6.43 Å². The SMILES string of the molecule is COC(=O)Cc1cnc(C(F)F)c(Cl)c1CCl. The van der Waals surface area contributed by atoms with E-state index in [1.165, 1.54) is 13.3 Å². The van der Waals surface area contributed by atoms with E-state index in [0.29, 0.717) is 5.56 Å². The zero-order valence-electron chi connectivity index (χ0n) is 8.84. The van der Waals surface area contributed by atoms with Gasteiger partial charge in [0, 0.05) is 12.1 Å². The molecule has 0 saturated heterocycles. The quantitative estimate of drug-likeness (QED) is 0.630. The molecule has 94 valence electrons. The topological polar surface area (TPSA) is 39.2 Å². The molecule has 1 aromatic heterocycles. The lowest BCUT2D eigenvalue weighted by Crippen LogP contribution is -2.09. The van der Waals surface area contributed by atoms with Crippen molar-refractivity contribution in [2.24, 2.45) is 0 Å². The van der Waals surface area contributed by atoms with Gasteiger partial charge in [-0.25, -0.2) is 8.78 Å². The van der Waals surface area contributed by atoms with Gasteiger partial charge < -0.3 is 4.74 Å². The number of halogens is 4. The molecular formula is C10H9Cl2F2NO2. The number of pyridine rings is 1. The number of carbonyl (C=O) groups is 1. The van der Waals surface area contributed by atoms with Crippen LogP contribution in [0, 0.1) is 0 Å². The lowest BCUT2D eigenvalue weighted by molar-refractivity contribution is -0.139. The molecule has 0 amide bonds. The molecule has 0 unspecified atom stereocenters. The van der Waals surface area contributed by atoms with E-state index in [4.69, 9.17) is 23.2 Å². The van der Waals surface area contributed by atoms with E-state index < -0.39 is 18.1 Å². The summed E-state index contributed by atoms with van der Waals surface area (Å²) in [5, 5.41) is -0.198. The number of hydrogen-bond acceptors (Lipinski definition) is 3. The maximum absolute atomic E-state index is 12.5. The molecule has 1 aromatic rings. The molecule has 0 fully saturated rings. The van der Waals surface area contributed by atoms with Gasteiger partial charge in [0.1, 0.15) is 5.69 Å². The number of ether oxygens (including phenoxy) is 1. The Bertz CT molecular complexity index is 427. The van der Waals surface area contributed by atoms with Crippen molar-refractivity contribution in [2.45, 2.75) is 18.7 Å². The van der Waals surface area contributed by atoms with Gasteiger partial charge in [-0.15, -0.1) is 11.6 Å². The third-order valence-electron chi connectivity index (χ3n) is 2.14. The minimum Gasteiger partial charge on any atom is -0.469 e. The Morgan fingerprint density at radius 1 is 1.59 bits per heavy atom. The Kier molecular flexibility index (Phi) is 5.08. The molecule has 1 rings (SSSR count). The first-order chi connectivity index (χ1) is 8.01. The average Bonchev–Trinajstić information content (AvgIpc) is 2.28. The number of carbonyl (C=O) groups excluding carboxylic acids is 1. The van der Waals surface area contributed by atoms with Crippen LogP contribution in [0.1, 0.15) is 23.2 Å². The average molecular weight is 284 g/mol. The molecule has 0 bridgehead atoms. The molecule has 1 heterocycles. The third-order valence-corrected chi connectivity index (χ3v) is 2.83. The molecule has 0 aliphatic heterocycles. The molecule has 0 aliphatic carbocycles. The number of nitrogens with zero attached hydrogens (tertiary/aromatic N) is 1. The van der Waals surface area contributed by atoms with Crippen LogP contribution >= 0.6 is 23.2 Å². The van der Waals surface area contributed by atoms with E-state index in [0.717, 1.165) is 0 Å². The summed E-state index contributed by atoms with van der Waals surface area (Å²) in [6.45, 7) is 0. The minimum atomic E-state index is -2.78. The normalized spacial score (nSPS) is 10.7. The van der Waals surface area contributed by atoms with Crippen LogP contribution in [0.3, 0.4) is 0 Å². The lowest BCUT2D eigenvalue weighted by atomic mass is 10.1. The molecule has 0 radical (unpaired) electrons. The molecule has 7 heteroatoms. The first kappa shape index (κ1) is 14.1. The van der Waals surface area contributed by atoms with Crippen LogP contribution in [0.5, 0.6) is 0 Å². The first-order valence-electron chi connectivity index (χ1n) is 4.58. The minimum absolute atomic E-state index is 0.0760. The summed E-state index contributed by atoms with van der Waals surface area (Å²) >= 11 is 11.4. The molecule has 0 saturated carbocycles. The second-order valence-electron chi connectivity index (χ2n) is 3.15. The van der Waals surface area contributed by atoms with Crippen LogP contribution in [-0.2, 0) is 21.8 Å². The fraction of sp³-hybridized carbons (Fsp3) is 0.400.